The lowest BCUT2D eigenvalue weighted by Gasteiger charge is -2.22. The zero-order valence-corrected chi connectivity index (χ0v) is 5.94. The Labute approximate surface area is 62.2 Å². The van der Waals surface area contributed by atoms with Crippen molar-refractivity contribution in [3.63, 3.8) is 0 Å². The van der Waals surface area contributed by atoms with Gasteiger partial charge in [0.25, 0.3) is 0 Å². The largest absolute Gasteiger partial charge is 0.430 e. The minimum absolute atomic E-state index is 0.115. The van der Waals surface area contributed by atoms with E-state index >= 15 is 0 Å². The summed E-state index contributed by atoms with van der Waals surface area (Å²) in [6, 6.07) is 0.850. The zero-order valence-electron chi connectivity index (χ0n) is 5.94. The molecule has 0 saturated carbocycles. The summed E-state index contributed by atoms with van der Waals surface area (Å²) in [5, 5.41) is 16.7. The van der Waals surface area contributed by atoms with E-state index in [-0.39, 0.29) is 6.42 Å². The van der Waals surface area contributed by atoms with Gasteiger partial charge in [-0.3, -0.25) is 0 Å². The highest BCUT2D eigenvalue weighted by atomic mass is 19.4. The summed E-state index contributed by atoms with van der Waals surface area (Å²) in [5.41, 5.74) is -3.16. The summed E-state index contributed by atoms with van der Waals surface area (Å²) in [6.07, 6.45) is -5.31. The molecular weight excluding hydrogens is 159 g/mol. The second-order valence-corrected chi connectivity index (χ2v) is 2.22. The Bertz CT molecular complexity index is 172. The number of nitrogens with zero attached hydrogens (tertiary/aromatic N) is 1. The Morgan fingerprint density at radius 3 is 2.00 bits per heavy atom. The van der Waals surface area contributed by atoms with Crippen molar-refractivity contribution in [3.05, 3.63) is 0 Å². The van der Waals surface area contributed by atoms with Gasteiger partial charge >= 0.3 is 6.18 Å². The van der Waals surface area contributed by atoms with Crippen molar-refractivity contribution >= 4 is 0 Å². The molecule has 5 heteroatoms. The fraction of sp³-hybridized carbons (Fsp3) is 0.833. The highest BCUT2D eigenvalue weighted by Crippen LogP contribution is 2.33. The molecule has 0 aliphatic carbocycles. The molecule has 0 aliphatic rings. The smallest absolute Gasteiger partial charge is 0.368 e. The lowest BCUT2D eigenvalue weighted by atomic mass is 10.00. The van der Waals surface area contributed by atoms with Crippen LogP contribution in [0.1, 0.15) is 19.8 Å². The van der Waals surface area contributed by atoms with Crippen LogP contribution in [0.25, 0.3) is 0 Å². The standard InChI is InChI=1S/C6H8F3NO/c1-2-3-5(11,4-10)6(7,8)9/h11H,2-3H2,1H3. The highest BCUT2D eigenvalue weighted by Gasteiger charge is 2.53. The summed E-state index contributed by atoms with van der Waals surface area (Å²) < 4.78 is 35.5. The second-order valence-electron chi connectivity index (χ2n) is 2.22. The van der Waals surface area contributed by atoms with E-state index < -0.39 is 18.2 Å². The van der Waals surface area contributed by atoms with E-state index in [4.69, 9.17) is 10.4 Å². The molecule has 0 aromatic carbocycles. The predicted molar refractivity (Wildman–Crippen MR) is 31.5 cm³/mol. The minimum atomic E-state index is -4.85. The summed E-state index contributed by atoms with van der Waals surface area (Å²) in [5.74, 6) is 0. The van der Waals surface area contributed by atoms with Crippen molar-refractivity contribution in [2.45, 2.75) is 31.5 Å². The molecule has 0 aromatic rings. The maximum absolute atomic E-state index is 11.8. The van der Waals surface area contributed by atoms with Crippen LogP contribution in [0.15, 0.2) is 0 Å². The second kappa shape index (κ2) is 3.09. The van der Waals surface area contributed by atoms with E-state index in [9.17, 15) is 13.2 Å². The molecule has 0 aliphatic heterocycles. The van der Waals surface area contributed by atoms with Gasteiger partial charge in [-0.1, -0.05) is 13.3 Å². The molecule has 1 unspecified atom stereocenters. The average Bonchev–Trinajstić information content (AvgIpc) is 1.86. The van der Waals surface area contributed by atoms with Crippen LogP contribution in [0.2, 0.25) is 0 Å². The Hall–Kier alpha value is -0.760. The predicted octanol–water partition coefficient (Wildman–Crippen LogP) is 1.60. The Morgan fingerprint density at radius 1 is 1.45 bits per heavy atom. The van der Waals surface area contributed by atoms with Gasteiger partial charge in [0.2, 0.25) is 5.60 Å². The third kappa shape index (κ3) is 2.09. The number of aliphatic hydroxyl groups is 1. The Balaban J connectivity index is 4.50. The number of alkyl halides is 3. The first-order valence-corrected chi connectivity index (χ1v) is 3.07. The number of hydrogen-bond acceptors (Lipinski definition) is 2. The van der Waals surface area contributed by atoms with Crippen LogP contribution < -0.4 is 0 Å². The molecule has 0 fully saturated rings. The first-order valence-electron chi connectivity index (χ1n) is 3.07. The Kier molecular flexibility index (Phi) is 2.88. The van der Waals surface area contributed by atoms with Gasteiger partial charge in [0.05, 0.1) is 0 Å². The van der Waals surface area contributed by atoms with Crippen molar-refractivity contribution in [2.24, 2.45) is 0 Å². The topological polar surface area (TPSA) is 44.0 Å². The molecule has 11 heavy (non-hydrogen) atoms. The van der Waals surface area contributed by atoms with Crippen LogP contribution in [0.4, 0.5) is 13.2 Å². The number of hydrogen-bond donors (Lipinski definition) is 1. The highest BCUT2D eigenvalue weighted by molar-refractivity contribution is 5.05. The average molecular weight is 167 g/mol. The molecule has 0 spiro atoms. The zero-order chi connectivity index (χ0) is 9.12. The molecule has 1 atom stereocenters. The fourth-order valence-electron chi connectivity index (χ4n) is 0.623. The van der Waals surface area contributed by atoms with Crippen LogP contribution >= 0.6 is 0 Å². The van der Waals surface area contributed by atoms with Gasteiger partial charge in [-0.25, -0.2) is 0 Å². The third-order valence-electron chi connectivity index (χ3n) is 1.27. The van der Waals surface area contributed by atoms with Crippen LogP contribution in [-0.2, 0) is 0 Å². The van der Waals surface area contributed by atoms with Crippen LogP contribution in [0.3, 0.4) is 0 Å². The molecule has 0 aromatic heterocycles. The summed E-state index contributed by atoms with van der Waals surface area (Å²) >= 11 is 0. The molecule has 0 bridgehead atoms. The van der Waals surface area contributed by atoms with E-state index in [1.54, 1.807) is 0 Å². The molecule has 64 valence electrons. The van der Waals surface area contributed by atoms with Gasteiger partial charge < -0.3 is 5.11 Å². The van der Waals surface area contributed by atoms with E-state index in [0.717, 1.165) is 6.07 Å². The fourth-order valence-corrected chi connectivity index (χ4v) is 0.623. The maximum atomic E-state index is 11.8. The van der Waals surface area contributed by atoms with Crippen molar-refractivity contribution in [2.75, 3.05) is 0 Å². The quantitative estimate of drug-likeness (QED) is 0.635. The summed E-state index contributed by atoms with van der Waals surface area (Å²) in [4.78, 5) is 0. The van der Waals surface area contributed by atoms with E-state index in [0.29, 0.717) is 0 Å². The van der Waals surface area contributed by atoms with Gasteiger partial charge in [-0.15, -0.1) is 0 Å². The van der Waals surface area contributed by atoms with Gasteiger partial charge in [-0.2, -0.15) is 18.4 Å². The third-order valence-corrected chi connectivity index (χ3v) is 1.27. The van der Waals surface area contributed by atoms with E-state index in [1.165, 1.54) is 6.92 Å². The molecule has 1 N–H and O–H groups in total. The molecule has 0 saturated heterocycles. The number of nitriles is 1. The van der Waals surface area contributed by atoms with Gasteiger partial charge in [0.15, 0.2) is 0 Å². The lowest BCUT2D eigenvalue weighted by molar-refractivity contribution is -0.238. The monoisotopic (exact) mass is 167 g/mol. The van der Waals surface area contributed by atoms with Gasteiger partial charge in [0.1, 0.15) is 6.07 Å². The minimum Gasteiger partial charge on any atom is -0.368 e. The van der Waals surface area contributed by atoms with Crippen molar-refractivity contribution < 1.29 is 18.3 Å². The molecule has 0 radical (unpaired) electrons. The normalized spacial score (nSPS) is 17.1. The maximum Gasteiger partial charge on any atom is 0.430 e. The first kappa shape index (κ1) is 10.2. The van der Waals surface area contributed by atoms with Crippen molar-refractivity contribution in [3.8, 4) is 6.07 Å². The van der Waals surface area contributed by atoms with Crippen LogP contribution in [0.5, 0.6) is 0 Å². The van der Waals surface area contributed by atoms with Crippen LogP contribution in [0, 0.1) is 11.3 Å². The Morgan fingerprint density at radius 2 is 1.91 bits per heavy atom. The molecule has 2 nitrogen and oxygen atoms in total. The lowest BCUT2D eigenvalue weighted by Crippen LogP contribution is -2.43. The van der Waals surface area contributed by atoms with E-state index in [1.807, 2.05) is 0 Å². The molecular formula is C6H8F3NO. The summed E-state index contributed by atoms with van der Waals surface area (Å²) in [7, 11) is 0. The van der Waals surface area contributed by atoms with Crippen molar-refractivity contribution in [1.82, 2.24) is 0 Å². The molecule has 0 rings (SSSR count). The SMILES string of the molecule is CCCC(O)(C#N)C(F)(F)F. The van der Waals surface area contributed by atoms with Gasteiger partial charge in [-0.05, 0) is 6.42 Å². The number of halogens is 3. The van der Waals surface area contributed by atoms with Gasteiger partial charge in [0, 0.05) is 0 Å². The molecule has 0 heterocycles. The summed E-state index contributed by atoms with van der Waals surface area (Å²) in [6.45, 7) is 1.47. The van der Waals surface area contributed by atoms with Crippen LogP contribution in [-0.4, -0.2) is 16.9 Å². The molecule has 0 amide bonds. The van der Waals surface area contributed by atoms with E-state index in [2.05, 4.69) is 0 Å². The number of rotatable bonds is 2. The van der Waals surface area contributed by atoms with Crippen molar-refractivity contribution in [1.29, 1.82) is 5.26 Å². The first-order chi connectivity index (χ1) is 4.87.